The Morgan fingerprint density at radius 2 is 0.635 bits per heavy atom. The number of amides is 1. The second-order valence-electron chi connectivity index (χ2n) is 23.2. The Balaban J connectivity index is 3.36. The molecule has 0 aliphatic heterocycles. The number of aliphatic hydroxyl groups is 2. The molecule has 74 heavy (non-hydrogen) atoms. The molecule has 0 aliphatic carbocycles. The van der Waals surface area contributed by atoms with Crippen molar-refractivity contribution < 1.29 is 24.5 Å². The molecule has 0 aromatic carbocycles. The van der Waals surface area contributed by atoms with Crippen LogP contribution in [0, 0.1) is 0 Å². The van der Waals surface area contributed by atoms with Crippen molar-refractivity contribution in [1.82, 2.24) is 5.32 Å². The lowest BCUT2D eigenvalue weighted by atomic mass is 10.0. The lowest BCUT2D eigenvalue weighted by Gasteiger charge is -2.20. The summed E-state index contributed by atoms with van der Waals surface area (Å²) in [5.41, 5.74) is 0. The summed E-state index contributed by atoms with van der Waals surface area (Å²) in [7, 11) is 0. The molecular formula is C68H131NO5. The molecular weight excluding hydrogens is 911 g/mol. The molecule has 0 bridgehead atoms. The zero-order valence-corrected chi connectivity index (χ0v) is 50.1. The maximum atomic E-state index is 12.5. The van der Waals surface area contributed by atoms with Crippen LogP contribution in [0.1, 0.15) is 373 Å². The van der Waals surface area contributed by atoms with Gasteiger partial charge in [0.1, 0.15) is 0 Å². The monoisotopic (exact) mass is 1040 g/mol. The Kier molecular flexibility index (Phi) is 62.4. The number of hydrogen-bond donors (Lipinski definition) is 3. The van der Waals surface area contributed by atoms with Crippen molar-refractivity contribution in [3.8, 4) is 0 Å². The fourth-order valence-electron chi connectivity index (χ4n) is 10.6. The predicted octanol–water partition coefficient (Wildman–Crippen LogP) is 21.4. The number of unbranched alkanes of at least 4 members (excludes halogenated alkanes) is 50. The van der Waals surface area contributed by atoms with E-state index in [4.69, 9.17) is 4.74 Å². The van der Waals surface area contributed by atoms with E-state index in [1.807, 2.05) is 6.08 Å². The number of rotatable bonds is 63. The summed E-state index contributed by atoms with van der Waals surface area (Å²) in [6, 6.07) is -0.626. The first-order valence-corrected chi connectivity index (χ1v) is 33.6. The first-order valence-electron chi connectivity index (χ1n) is 33.6. The number of ether oxygens (including phenoxy) is 1. The highest BCUT2D eigenvalue weighted by molar-refractivity contribution is 5.76. The van der Waals surface area contributed by atoms with E-state index in [0.717, 1.165) is 44.9 Å². The Morgan fingerprint density at radius 3 is 0.959 bits per heavy atom. The maximum Gasteiger partial charge on any atom is 0.305 e. The molecule has 0 aromatic heterocycles. The third-order valence-corrected chi connectivity index (χ3v) is 15.7. The van der Waals surface area contributed by atoms with Crippen molar-refractivity contribution in [2.75, 3.05) is 13.2 Å². The van der Waals surface area contributed by atoms with E-state index >= 15 is 0 Å². The minimum Gasteiger partial charge on any atom is -0.466 e. The molecule has 6 nitrogen and oxygen atoms in total. The number of carbonyl (C=O) groups is 2. The van der Waals surface area contributed by atoms with Gasteiger partial charge in [-0.15, -0.1) is 0 Å². The van der Waals surface area contributed by atoms with E-state index in [2.05, 4.69) is 31.3 Å². The summed E-state index contributed by atoms with van der Waals surface area (Å²) in [5.74, 6) is -0.0536. The molecule has 1 amide bonds. The van der Waals surface area contributed by atoms with Crippen molar-refractivity contribution in [3.05, 3.63) is 24.3 Å². The Labute approximate surface area is 462 Å². The van der Waals surface area contributed by atoms with Crippen LogP contribution in [0.2, 0.25) is 0 Å². The molecule has 0 spiro atoms. The molecule has 0 aromatic rings. The van der Waals surface area contributed by atoms with Crippen molar-refractivity contribution in [2.45, 2.75) is 386 Å². The molecule has 6 heteroatoms. The summed E-state index contributed by atoms with van der Waals surface area (Å²) < 4.78 is 5.49. The van der Waals surface area contributed by atoms with Gasteiger partial charge in [0.05, 0.1) is 25.4 Å². The topological polar surface area (TPSA) is 95.9 Å². The van der Waals surface area contributed by atoms with Gasteiger partial charge >= 0.3 is 5.97 Å². The van der Waals surface area contributed by atoms with Crippen LogP contribution in [-0.2, 0) is 14.3 Å². The van der Waals surface area contributed by atoms with Crippen molar-refractivity contribution in [3.63, 3.8) is 0 Å². The van der Waals surface area contributed by atoms with Crippen LogP contribution in [0.5, 0.6) is 0 Å². The summed E-state index contributed by atoms with van der Waals surface area (Å²) in [6.45, 7) is 4.93. The maximum absolute atomic E-state index is 12.5. The third-order valence-electron chi connectivity index (χ3n) is 15.7. The minimum absolute atomic E-state index is 0.00999. The first kappa shape index (κ1) is 72.3. The molecule has 0 radical (unpaired) electrons. The molecule has 438 valence electrons. The van der Waals surface area contributed by atoms with Gasteiger partial charge in [0, 0.05) is 12.8 Å². The number of hydrogen-bond acceptors (Lipinski definition) is 5. The van der Waals surface area contributed by atoms with Gasteiger partial charge in [0.15, 0.2) is 0 Å². The van der Waals surface area contributed by atoms with Crippen LogP contribution in [0.4, 0.5) is 0 Å². The molecule has 0 saturated carbocycles. The minimum atomic E-state index is -0.842. The van der Waals surface area contributed by atoms with Crippen LogP contribution in [0.15, 0.2) is 24.3 Å². The number of aliphatic hydroxyl groups excluding tert-OH is 2. The largest absolute Gasteiger partial charge is 0.466 e. The summed E-state index contributed by atoms with van der Waals surface area (Å²) >= 11 is 0. The van der Waals surface area contributed by atoms with Crippen molar-refractivity contribution in [1.29, 1.82) is 0 Å². The number of nitrogens with one attached hydrogen (secondary N) is 1. The highest BCUT2D eigenvalue weighted by atomic mass is 16.5. The van der Waals surface area contributed by atoms with Gasteiger partial charge in [-0.1, -0.05) is 327 Å². The van der Waals surface area contributed by atoms with Gasteiger partial charge in [-0.2, -0.15) is 0 Å². The SMILES string of the molecule is CCCCCCCCC/C=C\CCCCCCCC(=O)OCCCCCCCCCCCCCCCCCCCCCCCCCCCCC(=O)NC(CO)C(O)/C=C/CCCCCCCCCCCCCCC. The molecule has 3 N–H and O–H groups in total. The highest BCUT2D eigenvalue weighted by Gasteiger charge is 2.18. The lowest BCUT2D eigenvalue weighted by molar-refractivity contribution is -0.143. The lowest BCUT2D eigenvalue weighted by Crippen LogP contribution is -2.45. The van der Waals surface area contributed by atoms with Gasteiger partial charge in [-0.05, 0) is 57.8 Å². The van der Waals surface area contributed by atoms with Gasteiger partial charge in [0.25, 0.3) is 0 Å². The quantitative estimate of drug-likeness (QED) is 0.0320. The zero-order valence-electron chi connectivity index (χ0n) is 50.1. The third kappa shape index (κ3) is 59.6. The highest BCUT2D eigenvalue weighted by Crippen LogP contribution is 2.18. The summed E-state index contributed by atoms with van der Waals surface area (Å²) in [5, 5.41) is 23.2. The fraction of sp³-hybridized carbons (Fsp3) is 0.912. The first-order chi connectivity index (χ1) is 36.5. The van der Waals surface area contributed by atoms with Gasteiger partial charge in [-0.3, -0.25) is 9.59 Å². The van der Waals surface area contributed by atoms with E-state index in [0.29, 0.717) is 19.4 Å². The van der Waals surface area contributed by atoms with Crippen LogP contribution >= 0.6 is 0 Å². The van der Waals surface area contributed by atoms with Gasteiger partial charge in [-0.25, -0.2) is 0 Å². The van der Waals surface area contributed by atoms with Crippen LogP contribution in [0.3, 0.4) is 0 Å². The van der Waals surface area contributed by atoms with E-state index in [9.17, 15) is 19.8 Å². The molecule has 0 heterocycles. The summed E-state index contributed by atoms with van der Waals surface area (Å²) in [6.07, 6.45) is 79.6. The standard InChI is InChI=1S/C68H131NO5/c1-3-5-7-9-11-13-15-17-19-34-38-42-46-50-54-58-62-68(73)74-63-59-55-51-47-43-39-35-31-29-27-25-23-21-20-22-24-26-28-30-33-37-41-45-49-53-57-61-67(72)69-65(64-70)66(71)60-56-52-48-44-40-36-32-18-16-14-12-10-8-6-4-2/h19,34,56,60,65-66,70-71H,3-18,20-33,35-55,57-59,61-64H2,1-2H3,(H,69,72)/b34-19-,60-56+. The Morgan fingerprint density at radius 1 is 0.365 bits per heavy atom. The molecule has 2 atom stereocenters. The smallest absolute Gasteiger partial charge is 0.305 e. The number of allylic oxidation sites excluding steroid dienone is 3. The van der Waals surface area contributed by atoms with Gasteiger partial charge < -0.3 is 20.3 Å². The van der Waals surface area contributed by atoms with Crippen molar-refractivity contribution in [2.24, 2.45) is 0 Å². The fourth-order valence-corrected chi connectivity index (χ4v) is 10.6. The molecule has 0 aliphatic rings. The average molecular weight is 1040 g/mol. The Bertz CT molecular complexity index is 1150. The summed E-state index contributed by atoms with van der Waals surface area (Å²) in [4.78, 5) is 24.6. The zero-order chi connectivity index (χ0) is 53.6. The van der Waals surface area contributed by atoms with E-state index < -0.39 is 12.1 Å². The second kappa shape index (κ2) is 63.9. The van der Waals surface area contributed by atoms with Gasteiger partial charge in [0.2, 0.25) is 5.91 Å². The van der Waals surface area contributed by atoms with Crippen LogP contribution < -0.4 is 5.32 Å². The van der Waals surface area contributed by atoms with E-state index in [1.54, 1.807) is 6.08 Å². The van der Waals surface area contributed by atoms with Crippen LogP contribution in [0.25, 0.3) is 0 Å². The van der Waals surface area contributed by atoms with Crippen LogP contribution in [-0.4, -0.2) is 47.4 Å². The molecule has 0 rings (SSSR count). The van der Waals surface area contributed by atoms with E-state index in [1.165, 1.54) is 302 Å². The average Bonchev–Trinajstić information content (AvgIpc) is 3.40. The molecule has 0 saturated heterocycles. The molecule has 2 unspecified atom stereocenters. The number of esters is 1. The van der Waals surface area contributed by atoms with E-state index in [-0.39, 0.29) is 18.5 Å². The normalized spacial score (nSPS) is 12.6. The van der Waals surface area contributed by atoms with Crippen molar-refractivity contribution >= 4 is 11.9 Å². The number of carbonyl (C=O) groups excluding carboxylic acids is 2. The predicted molar refractivity (Wildman–Crippen MR) is 324 cm³/mol. The molecule has 0 fully saturated rings. The Hall–Kier alpha value is -1.66. The second-order valence-corrected chi connectivity index (χ2v) is 23.2.